The van der Waals surface area contributed by atoms with Crippen LogP contribution >= 0.6 is 0 Å². The number of sulfonamides is 1. The Morgan fingerprint density at radius 3 is 2.76 bits per heavy atom. The van der Waals surface area contributed by atoms with Crippen LogP contribution in [0.15, 0.2) is 23.1 Å². The molecule has 1 saturated heterocycles. The summed E-state index contributed by atoms with van der Waals surface area (Å²) in [4.78, 5) is 21.9. The minimum atomic E-state index is -3.82. The first-order valence-electron chi connectivity index (χ1n) is 6.42. The molecule has 0 aromatic heterocycles. The van der Waals surface area contributed by atoms with E-state index in [4.69, 9.17) is 5.11 Å². The molecule has 1 atom stereocenters. The van der Waals surface area contributed by atoms with Crippen LogP contribution in [0.4, 0.5) is 0 Å². The summed E-state index contributed by atoms with van der Waals surface area (Å²) >= 11 is 0. The standard InChI is InChI=1S/C13H16N2O5S/c1-8-2-3-9(13(17)18)6-11(8)21(19,20)14-7-10-4-5-12(16)15-10/h2-3,6,10,14H,4-5,7H2,1H3,(H,15,16)(H,17,18). The quantitative estimate of drug-likeness (QED) is 0.721. The highest BCUT2D eigenvalue weighted by Crippen LogP contribution is 2.17. The molecule has 1 amide bonds. The Labute approximate surface area is 122 Å². The Bertz CT molecular complexity index is 684. The summed E-state index contributed by atoms with van der Waals surface area (Å²) in [5.74, 6) is -1.28. The van der Waals surface area contributed by atoms with Crippen molar-refractivity contribution < 1.29 is 23.1 Å². The molecular formula is C13H16N2O5S. The fourth-order valence-corrected chi connectivity index (χ4v) is 3.49. The van der Waals surface area contributed by atoms with E-state index in [1.54, 1.807) is 6.92 Å². The van der Waals surface area contributed by atoms with E-state index in [9.17, 15) is 18.0 Å². The van der Waals surface area contributed by atoms with Crippen LogP contribution in [-0.4, -0.2) is 38.0 Å². The number of hydrogen-bond acceptors (Lipinski definition) is 4. The summed E-state index contributed by atoms with van der Waals surface area (Å²) in [6, 6.07) is 3.71. The van der Waals surface area contributed by atoms with E-state index in [0.717, 1.165) is 6.07 Å². The van der Waals surface area contributed by atoms with Gasteiger partial charge >= 0.3 is 5.97 Å². The number of aryl methyl sites for hydroxylation is 1. The first-order chi connectivity index (χ1) is 9.79. The zero-order valence-corrected chi connectivity index (χ0v) is 12.2. The van der Waals surface area contributed by atoms with Crippen molar-refractivity contribution in [3.63, 3.8) is 0 Å². The second-order valence-electron chi connectivity index (χ2n) is 4.94. The molecule has 1 aromatic carbocycles. The third-order valence-electron chi connectivity index (χ3n) is 3.33. The van der Waals surface area contributed by atoms with Gasteiger partial charge in [0, 0.05) is 19.0 Å². The van der Waals surface area contributed by atoms with Gasteiger partial charge in [0.15, 0.2) is 0 Å². The number of carbonyl (C=O) groups is 2. The summed E-state index contributed by atoms with van der Waals surface area (Å²) in [5, 5.41) is 11.6. The van der Waals surface area contributed by atoms with E-state index >= 15 is 0 Å². The van der Waals surface area contributed by atoms with Crippen LogP contribution < -0.4 is 10.0 Å². The maximum atomic E-state index is 12.2. The third-order valence-corrected chi connectivity index (χ3v) is 4.89. The monoisotopic (exact) mass is 312 g/mol. The Balaban J connectivity index is 2.17. The third kappa shape index (κ3) is 3.59. The number of carbonyl (C=O) groups excluding carboxylic acids is 1. The summed E-state index contributed by atoms with van der Waals surface area (Å²) in [7, 11) is -3.82. The van der Waals surface area contributed by atoms with Crippen molar-refractivity contribution in [3.8, 4) is 0 Å². The Hall–Kier alpha value is -1.93. The molecule has 0 radical (unpaired) electrons. The number of benzene rings is 1. The second-order valence-corrected chi connectivity index (χ2v) is 6.68. The fourth-order valence-electron chi connectivity index (χ4n) is 2.14. The van der Waals surface area contributed by atoms with Crippen molar-refractivity contribution in [1.29, 1.82) is 0 Å². The lowest BCUT2D eigenvalue weighted by atomic mass is 10.1. The van der Waals surface area contributed by atoms with Gasteiger partial charge in [-0.1, -0.05) is 6.07 Å². The molecule has 0 saturated carbocycles. The largest absolute Gasteiger partial charge is 0.478 e. The number of carboxylic acid groups (broad SMARTS) is 1. The number of nitrogens with one attached hydrogen (secondary N) is 2. The molecule has 7 nitrogen and oxygen atoms in total. The molecule has 0 aliphatic carbocycles. The summed E-state index contributed by atoms with van der Waals surface area (Å²) in [5.41, 5.74) is 0.373. The summed E-state index contributed by atoms with van der Waals surface area (Å²) < 4.78 is 26.9. The van der Waals surface area contributed by atoms with Crippen molar-refractivity contribution in [2.24, 2.45) is 0 Å². The van der Waals surface area contributed by atoms with E-state index in [1.165, 1.54) is 12.1 Å². The summed E-state index contributed by atoms with van der Waals surface area (Å²) in [6.45, 7) is 1.68. The Morgan fingerprint density at radius 1 is 1.48 bits per heavy atom. The van der Waals surface area contributed by atoms with Gasteiger partial charge in [-0.3, -0.25) is 4.79 Å². The highest BCUT2D eigenvalue weighted by Gasteiger charge is 2.24. The van der Waals surface area contributed by atoms with Gasteiger partial charge < -0.3 is 10.4 Å². The molecule has 0 bridgehead atoms. The van der Waals surface area contributed by atoms with Gasteiger partial charge in [0.05, 0.1) is 10.5 Å². The number of hydrogen-bond donors (Lipinski definition) is 3. The maximum absolute atomic E-state index is 12.2. The van der Waals surface area contributed by atoms with Gasteiger partial charge in [-0.25, -0.2) is 17.9 Å². The van der Waals surface area contributed by atoms with Crippen LogP contribution in [-0.2, 0) is 14.8 Å². The fraction of sp³-hybridized carbons (Fsp3) is 0.385. The van der Waals surface area contributed by atoms with Crippen LogP contribution in [0.1, 0.15) is 28.8 Å². The average Bonchev–Trinajstić information content (AvgIpc) is 2.82. The van der Waals surface area contributed by atoms with Gasteiger partial charge in [-0.2, -0.15) is 0 Å². The van der Waals surface area contributed by atoms with Gasteiger partial charge in [-0.05, 0) is 31.0 Å². The highest BCUT2D eigenvalue weighted by molar-refractivity contribution is 7.89. The molecule has 1 unspecified atom stereocenters. The van der Waals surface area contributed by atoms with Crippen LogP contribution in [0, 0.1) is 6.92 Å². The SMILES string of the molecule is Cc1ccc(C(=O)O)cc1S(=O)(=O)NCC1CCC(=O)N1. The van der Waals surface area contributed by atoms with Crippen LogP contribution in [0.25, 0.3) is 0 Å². The molecule has 8 heteroatoms. The van der Waals surface area contributed by atoms with Crippen LogP contribution in [0.3, 0.4) is 0 Å². The van der Waals surface area contributed by atoms with Crippen molar-refractivity contribution in [2.45, 2.75) is 30.7 Å². The molecule has 0 spiro atoms. The van der Waals surface area contributed by atoms with E-state index < -0.39 is 16.0 Å². The second kappa shape index (κ2) is 5.82. The Kier molecular flexibility index (Phi) is 4.29. The molecule has 1 aliphatic rings. The first kappa shape index (κ1) is 15.5. The predicted octanol–water partition coefficient (Wildman–Crippen LogP) is 0.250. The number of carboxylic acids is 1. The minimum Gasteiger partial charge on any atom is -0.478 e. The lowest BCUT2D eigenvalue weighted by Gasteiger charge is -2.13. The lowest BCUT2D eigenvalue weighted by Crippen LogP contribution is -2.38. The predicted molar refractivity (Wildman–Crippen MR) is 74.5 cm³/mol. The number of aromatic carboxylic acids is 1. The number of amides is 1. The van der Waals surface area contributed by atoms with Gasteiger partial charge in [-0.15, -0.1) is 0 Å². The van der Waals surface area contributed by atoms with Gasteiger partial charge in [0.1, 0.15) is 0 Å². The zero-order chi connectivity index (χ0) is 15.6. The maximum Gasteiger partial charge on any atom is 0.335 e. The van der Waals surface area contributed by atoms with Crippen LogP contribution in [0.2, 0.25) is 0 Å². The molecule has 114 valence electrons. The van der Waals surface area contributed by atoms with E-state index in [-0.39, 0.29) is 29.0 Å². The minimum absolute atomic E-state index is 0.0632. The Morgan fingerprint density at radius 2 is 2.19 bits per heavy atom. The molecule has 1 fully saturated rings. The molecule has 21 heavy (non-hydrogen) atoms. The zero-order valence-electron chi connectivity index (χ0n) is 11.4. The van der Waals surface area contributed by atoms with Crippen molar-refractivity contribution in [3.05, 3.63) is 29.3 Å². The molecule has 1 heterocycles. The highest BCUT2D eigenvalue weighted by atomic mass is 32.2. The van der Waals surface area contributed by atoms with E-state index in [2.05, 4.69) is 10.0 Å². The normalized spacial score (nSPS) is 18.5. The summed E-state index contributed by atoms with van der Waals surface area (Å²) in [6.07, 6.45) is 0.968. The molecule has 1 aliphatic heterocycles. The lowest BCUT2D eigenvalue weighted by molar-refractivity contribution is -0.119. The average molecular weight is 312 g/mol. The van der Waals surface area contributed by atoms with E-state index in [0.29, 0.717) is 18.4 Å². The smallest absolute Gasteiger partial charge is 0.335 e. The van der Waals surface area contributed by atoms with Crippen LogP contribution in [0.5, 0.6) is 0 Å². The molecule has 2 rings (SSSR count). The molecule has 3 N–H and O–H groups in total. The number of rotatable bonds is 5. The first-order valence-corrected chi connectivity index (χ1v) is 7.91. The molecular weight excluding hydrogens is 296 g/mol. The van der Waals surface area contributed by atoms with Crippen molar-refractivity contribution in [1.82, 2.24) is 10.0 Å². The van der Waals surface area contributed by atoms with E-state index in [1.807, 2.05) is 0 Å². The van der Waals surface area contributed by atoms with Gasteiger partial charge in [0.25, 0.3) is 0 Å². The van der Waals surface area contributed by atoms with Crippen molar-refractivity contribution in [2.75, 3.05) is 6.54 Å². The van der Waals surface area contributed by atoms with Crippen molar-refractivity contribution >= 4 is 21.9 Å². The molecule has 1 aromatic rings. The van der Waals surface area contributed by atoms with Gasteiger partial charge in [0.2, 0.25) is 15.9 Å². The topological polar surface area (TPSA) is 113 Å².